The average Bonchev–Trinajstić information content (AvgIpc) is 2.38. The summed E-state index contributed by atoms with van der Waals surface area (Å²) in [5.74, 6) is -1.13. The van der Waals surface area contributed by atoms with Gasteiger partial charge in [0.05, 0.1) is 11.3 Å². The lowest BCUT2D eigenvalue weighted by atomic mass is 9.93. The maximum Gasteiger partial charge on any atom is 0.134 e. The van der Waals surface area contributed by atoms with E-state index in [9.17, 15) is 8.78 Å². The van der Waals surface area contributed by atoms with Crippen molar-refractivity contribution in [1.82, 2.24) is 10.3 Å². The fourth-order valence-electron chi connectivity index (χ4n) is 2.31. The van der Waals surface area contributed by atoms with Crippen LogP contribution in [0.1, 0.15) is 25.0 Å². The van der Waals surface area contributed by atoms with Crippen LogP contribution in [0.2, 0.25) is 0 Å². The van der Waals surface area contributed by atoms with Crippen LogP contribution in [0.25, 0.3) is 11.1 Å². The quantitative estimate of drug-likeness (QED) is 0.920. The summed E-state index contributed by atoms with van der Waals surface area (Å²) in [7, 11) is 0. The molecule has 0 aliphatic heterocycles. The molecular weight excluding hydrogens is 258 g/mol. The molecule has 1 aliphatic rings. The minimum atomic E-state index is -0.563. The SMILES string of the molecule is Fc1cccc(F)c1-c1ccc(CNC2CCC2)nc1. The van der Waals surface area contributed by atoms with Gasteiger partial charge in [-0.3, -0.25) is 4.98 Å². The van der Waals surface area contributed by atoms with E-state index in [0.29, 0.717) is 18.2 Å². The van der Waals surface area contributed by atoms with Gasteiger partial charge in [-0.25, -0.2) is 8.78 Å². The molecule has 2 nitrogen and oxygen atoms in total. The number of benzene rings is 1. The summed E-state index contributed by atoms with van der Waals surface area (Å²) in [6, 6.07) is 7.99. The van der Waals surface area contributed by atoms with Crippen molar-refractivity contribution in [1.29, 1.82) is 0 Å². The number of hydrogen-bond acceptors (Lipinski definition) is 2. The minimum Gasteiger partial charge on any atom is -0.308 e. The van der Waals surface area contributed by atoms with Crippen molar-refractivity contribution < 1.29 is 8.78 Å². The lowest BCUT2D eigenvalue weighted by Gasteiger charge is -2.26. The molecule has 0 bridgehead atoms. The fourth-order valence-corrected chi connectivity index (χ4v) is 2.31. The van der Waals surface area contributed by atoms with Crippen LogP contribution in [0.5, 0.6) is 0 Å². The molecule has 1 fully saturated rings. The predicted molar refractivity (Wildman–Crippen MR) is 74.1 cm³/mol. The lowest BCUT2D eigenvalue weighted by molar-refractivity contribution is 0.337. The number of aromatic nitrogens is 1. The maximum atomic E-state index is 13.7. The van der Waals surface area contributed by atoms with E-state index in [-0.39, 0.29) is 5.56 Å². The largest absolute Gasteiger partial charge is 0.308 e. The minimum absolute atomic E-state index is 0.0153. The van der Waals surface area contributed by atoms with Crippen LogP contribution in [0, 0.1) is 11.6 Å². The molecule has 1 N–H and O–H groups in total. The molecule has 0 saturated heterocycles. The molecule has 1 aliphatic carbocycles. The second-order valence-electron chi connectivity index (χ2n) is 5.14. The van der Waals surface area contributed by atoms with Crippen LogP contribution in [0.4, 0.5) is 8.78 Å². The summed E-state index contributed by atoms with van der Waals surface area (Å²) in [6.45, 7) is 0.699. The molecule has 1 heterocycles. The monoisotopic (exact) mass is 274 g/mol. The van der Waals surface area contributed by atoms with Crippen molar-refractivity contribution in [2.45, 2.75) is 31.8 Å². The van der Waals surface area contributed by atoms with E-state index in [0.717, 1.165) is 5.69 Å². The van der Waals surface area contributed by atoms with Gasteiger partial charge < -0.3 is 5.32 Å². The molecule has 0 spiro atoms. The predicted octanol–water partition coefficient (Wildman–Crippen LogP) is 3.67. The highest BCUT2D eigenvalue weighted by molar-refractivity contribution is 5.63. The molecule has 104 valence electrons. The zero-order valence-corrected chi connectivity index (χ0v) is 11.1. The van der Waals surface area contributed by atoms with E-state index >= 15 is 0 Å². The number of nitrogens with zero attached hydrogens (tertiary/aromatic N) is 1. The van der Waals surface area contributed by atoms with E-state index in [1.54, 1.807) is 6.07 Å². The second kappa shape index (κ2) is 5.67. The van der Waals surface area contributed by atoms with E-state index < -0.39 is 11.6 Å². The molecule has 2 aromatic rings. The Kier molecular flexibility index (Phi) is 3.74. The van der Waals surface area contributed by atoms with Gasteiger partial charge in [0, 0.05) is 24.3 Å². The zero-order valence-electron chi connectivity index (χ0n) is 11.1. The number of nitrogens with one attached hydrogen (secondary N) is 1. The number of rotatable bonds is 4. The lowest BCUT2D eigenvalue weighted by Crippen LogP contribution is -2.34. The Morgan fingerprint density at radius 3 is 2.40 bits per heavy atom. The molecule has 1 saturated carbocycles. The zero-order chi connectivity index (χ0) is 13.9. The molecule has 20 heavy (non-hydrogen) atoms. The standard InChI is InChI=1S/C16H16F2N2/c17-14-5-2-6-15(18)16(14)11-7-8-13(19-9-11)10-20-12-3-1-4-12/h2,5-9,12,20H,1,3-4,10H2. The maximum absolute atomic E-state index is 13.7. The van der Waals surface area contributed by atoms with Crippen LogP contribution in [0.3, 0.4) is 0 Å². The summed E-state index contributed by atoms with van der Waals surface area (Å²) in [5, 5.41) is 3.41. The van der Waals surface area contributed by atoms with Crippen LogP contribution in [0.15, 0.2) is 36.5 Å². The second-order valence-corrected chi connectivity index (χ2v) is 5.14. The molecule has 4 heteroatoms. The first-order chi connectivity index (χ1) is 9.74. The molecule has 0 amide bonds. The van der Waals surface area contributed by atoms with Crippen molar-refractivity contribution in [3.8, 4) is 11.1 Å². The van der Waals surface area contributed by atoms with Crippen molar-refractivity contribution in [2.24, 2.45) is 0 Å². The van der Waals surface area contributed by atoms with Gasteiger partial charge in [-0.15, -0.1) is 0 Å². The normalized spacial score (nSPS) is 15.1. The van der Waals surface area contributed by atoms with Crippen molar-refractivity contribution in [3.63, 3.8) is 0 Å². The van der Waals surface area contributed by atoms with E-state index in [1.165, 1.54) is 43.7 Å². The Balaban J connectivity index is 1.75. The van der Waals surface area contributed by atoms with Gasteiger partial charge in [0.1, 0.15) is 11.6 Å². The molecular formula is C16H16F2N2. The Bertz CT molecular complexity index is 572. The van der Waals surface area contributed by atoms with Crippen molar-refractivity contribution in [2.75, 3.05) is 0 Å². The van der Waals surface area contributed by atoms with E-state index in [1.807, 2.05) is 6.07 Å². The first-order valence-electron chi connectivity index (χ1n) is 6.87. The van der Waals surface area contributed by atoms with Gasteiger partial charge in [0.2, 0.25) is 0 Å². The number of pyridine rings is 1. The van der Waals surface area contributed by atoms with Crippen LogP contribution in [-0.2, 0) is 6.54 Å². The topological polar surface area (TPSA) is 24.9 Å². The molecule has 0 unspecified atom stereocenters. The van der Waals surface area contributed by atoms with Gasteiger partial charge in [0.15, 0.2) is 0 Å². The number of halogens is 2. The summed E-state index contributed by atoms with van der Waals surface area (Å²) in [4.78, 5) is 4.27. The highest BCUT2D eigenvalue weighted by Gasteiger charge is 2.16. The molecule has 3 rings (SSSR count). The highest BCUT2D eigenvalue weighted by Crippen LogP contribution is 2.25. The van der Waals surface area contributed by atoms with Gasteiger partial charge in [-0.05, 0) is 31.0 Å². The molecule has 0 atom stereocenters. The van der Waals surface area contributed by atoms with Gasteiger partial charge >= 0.3 is 0 Å². The van der Waals surface area contributed by atoms with E-state index in [4.69, 9.17) is 0 Å². The summed E-state index contributed by atoms with van der Waals surface area (Å²) < 4.78 is 27.3. The average molecular weight is 274 g/mol. The smallest absolute Gasteiger partial charge is 0.134 e. The van der Waals surface area contributed by atoms with Gasteiger partial charge in [0.25, 0.3) is 0 Å². The summed E-state index contributed by atoms with van der Waals surface area (Å²) >= 11 is 0. The summed E-state index contributed by atoms with van der Waals surface area (Å²) in [6.07, 6.45) is 5.26. The highest BCUT2D eigenvalue weighted by atomic mass is 19.1. The number of hydrogen-bond donors (Lipinski definition) is 1. The third kappa shape index (κ3) is 2.70. The van der Waals surface area contributed by atoms with Crippen LogP contribution >= 0.6 is 0 Å². The van der Waals surface area contributed by atoms with Crippen molar-refractivity contribution >= 4 is 0 Å². The summed E-state index contributed by atoms with van der Waals surface area (Å²) in [5.41, 5.74) is 1.34. The van der Waals surface area contributed by atoms with Gasteiger partial charge in [-0.1, -0.05) is 18.6 Å². The third-order valence-electron chi connectivity index (χ3n) is 3.75. The third-order valence-corrected chi connectivity index (χ3v) is 3.75. The van der Waals surface area contributed by atoms with E-state index in [2.05, 4.69) is 10.3 Å². The van der Waals surface area contributed by atoms with Crippen LogP contribution in [-0.4, -0.2) is 11.0 Å². The Morgan fingerprint density at radius 1 is 1.10 bits per heavy atom. The molecule has 1 aromatic carbocycles. The Morgan fingerprint density at radius 2 is 1.85 bits per heavy atom. The van der Waals surface area contributed by atoms with Crippen LogP contribution < -0.4 is 5.32 Å². The Labute approximate surface area is 116 Å². The van der Waals surface area contributed by atoms with Gasteiger partial charge in [-0.2, -0.15) is 0 Å². The molecule has 0 radical (unpaired) electrons. The first-order valence-corrected chi connectivity index (χ1v) is 6.87. The first kappa shape index (κ1) is 13.2. The fraction of sp³-hybridized carbons (Fsp3) is 0.312. The Hall–Kier alpha value is -1.81. The molecule has 1 aromatic heterocycles. The van der Waals surface area contributed by atoms with Crippen molar-refractivity contribution in [3.05, 3.63) is 53.9 Å².